The van der Waals surface area contributed by atoms with Crippen molar-refractivity contribution < 1.29 is 62.6 Å². The fourth-order valence-electron chi connectivity index (χ4n) is 9.80. The third-order valence-electron chi connectivity index (χ3n) is 13.2. The molecular weight excluding hydrogens is 841 g/mol. The average molecular weight is 903 g/mol. The van der Waals surface area contributed by atoms with E-state index in [0.29, 0.717) is 54.4 Å². The number of aliphatic carboxylic acids is 2. The monoisotopic (exact) mass is 902 g/mol. The Hall–Kier alpha value is -3.08. The van der Waals surface area contributed by atoms with Gasteiger partial charge in [-0.05, 0) is 120 Å². The summed E-state index contributed by atoms with van der Waals surface area (Å²) in [5, 5.41) is 18.1. The lowest BCUT2D eigenvalue weighted by Crippen LogP contribution is -2.35. The topological polar surface area (TPSA) is 161 Å². The molecule has 2 aromatic rings. The van der Waals surface area contributed by atoms with Crippen molar-refractivity contribution >= 4 is 32.2 Å². The molecule has 342 valence electrons. The molecule has 3 saturated carbocycles. The Bertz CT molecular complexity index is 2070. The summed E-state index contributed by atoms with van der Waals surface area (Å²) in [6.07, 6.45) is 11.9. The number of hydrogen-bond donors (Lipinski definition) is 2. The molecule has 16 heteroatoms. The van der Waals surface area contributed by atoms with Gasteiger partial charge in [-0.15, -0.1) is 0 Å². The molecule has 3 aliphatic carbocycles. The molecule has 0 bridgehead atoms. The maximum Gasteiger partial charge on any atom is 0.377 e. The zero-order chi connectivity index (χ0) is 45.1. The van der Waals surface area contributed by atoms with Crippen LogP contribution in [0, 0.1) is 5.92 Å². The third-order valence-corrected chi connectivity index (χ3v) is 16.0. The van der Waals surface area contributed by atoms with Crippen molar-refractivity contribution in [3.8, 4) is 0 Å². The number of alkyl halides is 4. The number of rotatable bonds is 18. The molecule has 0 aliphatic heterocycles. The lowest BCUT2D eigenvalue weighted by Gasteiger charge is -2.37. The molecule has 2 N–H and O–H groups in total. The van der Waals surface area contributed by atoms with Crippen molar-refractivity contribution in [2.24, 2.45) is 5.92 Å². The number of halogens is 4. The Kier molecular flexibility index (Phi) is 15.9. The fraction of sp³-hybridized carbons (Fsp3) is 0.689. The first-order valence-electron chi connectivity index (χ1n) is 21.8. The minimum atomic E-state index is -4.89. The number of hydrogen-bond acceptors (Lipinski definition) is 8. The van der Waals surface area contributed by atoms with E-state index in [1.54, 1.807) is 26.0 Å². The van der Waals surface area contributed by atoms with Crippen molar-refractivity contribution in [1.82, 2.24) is 0 Å². The van der Waals surface area contributed by atoms with Gasteiger partial charge in [0.15, 0.2) is 0 Å². The zero-order valence-electron chi connectivity index (χ0n) is 35.9. The Morgan fingerprint density at radius 1 is 0.623 bits per heavy atom. The van der Waals surface area contributed by atoms with Crippen LogP contribution < -0.4 is 0 Å². The van der Waals surface area contributed by atoms with Crippen LogP contribution in [0.2, 0.25) is 0 Å². The van der Waals surface area contributed by atoms with E-state index < -0.39 is 63.2 Å². The highest BCUT2D eigenvalue weighted by molar-refractivity contribution is 7.87. The molecule has 0 radical (unpaired) electrons. The van der Waals surface area contributed by atoms with E-state index in [-0.39, 0.29) is 45.3 Å². The van der Waals surface area contributed by atoms with Gasteiger partial charge in [0.05, 0.1) is 0 Å². The molecule has 10 nitrogen and oxygen atoms in total. The van der Waals surface area contributed by atoms with E-state index in [1.165, 1.54) is 0 Å². The summed E-state index contributed by atoms with van der Waals surface area (Å²) in [6, 6.07) is 7.33. The van der Waals surface area contributed by atoms with Crippen LogP contribution in [0.5, 0.6) is 0 Å². The first-order valence-corrected chi connectivity index (χ1v) is 24.6. The Balaban J connectivity index is 1.63. The molecule has 3 unspecified atom stereocenters. The highest BCUT2D eigenvalue weighted by Gasteiger charge is 2.44. The van der Waals surface area contributed by atoms with Crippen molar-refractivity contribution in [2.45, 2.75) is 188 Å². The van der Waals surface area contributed by atoms with Gasteiger partial charge in [-0.2, -0.15) is 34.4 Å². The average Bonchev–Trinajstić information content (AvgIpc) is 3.22. The van der Waals surface area contributed by atoms with Gasteiger partial charge >= 0.3 is 23.8 Å². The maximum atomic E-state index is 14.3. The third kappa shape index (κ3) is 11.5. The maximum absolute atomic E-state index is 14.3. The molecule has 61 heavy (non-hydrogen) atoms. The van der Waals surface area contributed by atoms with Gasteiger partial charge in [0.2, 0.25) is 0 Å². The second kappa shape index (κ2) is 19.8. The molecule has 3 atom stereocenters. The van der Waals surface area contributed by atoms with Crippen LogP contribution in [-0.2, 0) is 38.2 Å². The van der Waals surface area contributed by atoms with Gasteiger partial charge in [0.1, 0.15) is 23.0 Å². The van der Waals surface area contributed by atoms with E-state index in [0.717, 1.165) is 75.3 Å². The predicted octanol–water partition coefficient (Wildman–Crippen LogP) is 11.3. The SMILES string of the molecule is CC(C)c1cc(C(C)C)c(S(=O)(=O)OCC(F)(F)C(=O)O)c(C(C)CC2CCCCC2c2cc(C3CCCCC3)c(S(=O)(=O)OCC(F)(F)C(=O)O)c(C3CCCCC3)c2)c1. The van der Waals surface area contributed by atoms with Crippen LogP contribution in [-0.4, -0.2) is 64.0 Å². The van der Waals surface area contributed by atoms with Crippen molar-refractivity contribution in [3.05, 3.63) is 57.6 Å². The van der Waals surface area contributed by atoms with Gasteiger partial charge < -0.3 is 10.2 Å². The van der Waals surface area contributed by atoms with E-state index in [9.17, 15) is 44.0 Å². The summed E-state index contributed by atoms with van der Waals surface area (Å²) in [5.74, 6) is -15.2. The normalized spacial score (nSPS) is 20.9. The van der Waals surface area contributed by atoms with Crippen LogP contribution in [0.3, 0.4) is 0 Å². The van der Waals surface area contributed by atoms with Crippen molar-refractivity contribution in [3.63, 3.8) is 0 Å². The highest BCUT2D eigenvalue weighted by atomic mass is 32.2. The summed E-state index contributed by atoms with van der Waals surface area (Å²) in [5.41, 5.74) is 3.56. The largest absolute Gasteiger partial charge is 0.477 e. The van der Waals surface area contributed by atoms with E-state index in [2.05, 4.69) is 0 Å². The van der Waals surface area contributed by atoms with Gasteiger partial charge in [0.25, 0.3) is 20.2 Å². The molecule has 0 amide bonds. The zero-order valence-corrected chi connectivity index (χ0v) is 37.5. The summed E-state index contributed by atoms with van der Waals surface area (Å²) in [4.78, 5) is 22.1. The van der Waals surface area contributed by atoms with Gasteiger partial charge in [-0.3, -0.25) is 8.37 Å². The Labute approximate surface area is 358 Å². The lowest BCUT2D eigenvalue weighted by molar-refractivity contribution is -0.169. The summed E-state index contributed by atoms with van der Waals surface area (Å²) < 4.78 is 123. The Morgan fingerprint density at radius 2 is 1.05 bits per heavy atom. The molecule has 2 aromatic carbocycles. The van der Waals surface area contributed by atoms with Gasteiger partial charge in [-0.25, -0.2) is 9.59 Å². The smallest absolute Gasteiger partial charge is 0.377 e. The highest BCUT2D eigenvalue weighted by Crippen LogP contribution is 2.49. The second-order valence-electron chi connectivity index (χ2n) is 18.3. The van der Waals surface area contributed by atoms with E-state index in [1.807, 2.05) is 32.9 Å². The first-order chi connectivity index (χ1) is 28.5. The molecule has 5 rings (SSSR count). The summed E-state index contributed by atoms with van der Waals surface area (Å²) >= 11 is 0. The standard InChI is InChI=1S/C45H62F4O10S2/c1-27(2)33-21-36(28(3)4)40(60(54,55)58-25-44(46,47)42(50)51)37(22-33)29(5)20-32-18-12-13-19-35(32)34-23-38(30-14-8-6-9-15-30)41(39(24-34)31-16-10-7-11-17-31)61(56,57)59-26-45(48,49)43(52)53/h21-24,27-32,35H,6-20,25-26H2,1-5H3,(H,50,51)(H,52,53). The van der Waals surface area contributed by atoms with Crippen LogP contribution in [0.1, 0.15) is 200 Å². The van der Waals surface area contributed by atoms with Crippen LogP contribution in [0.15, 0.2) is 34.1 Å². The predicted molar refractivity (Wildman–Crippen MR) is 222 cm³/mol. The molecule has 3 aliphatic rings. The van der Waals surface area contributed by atoms with E-state index >= 15 is 0 Å². The molecule has 0 heterocycles. The van der Waals surface area contributed by atoms with Crippen molar-refractivity contribution in [2.75, 3.05) is 13.2 Å². The summed E-state index contributed by atoms with van der Waals surface area (Å²) in [6.45, 7) is 5.70. The minimum Gasteiger partial charge on any atom is -0.477 e. The second-order valence-corrected chi connectivity index (χ2v) is 21.4. The van der Waals surface area contributed by atoms with Gasteiger partial charge in [0, 0.05) is 0 Å². The van der Waals surface area contributed by atoms with Gasteiger partial charge in [-0.1, -0.05) is 110 Å². The van der Waals surface area contributed by atoms with Crippen LogP contribution in [0.25, 0.3) is 0 Å². The molecule has 0 saturated heterocycles. The van der Waals surface area contributed by atoms with Crippen LogP contribution in [0.4, 0.5) is 17.6 Å². The van der Waals surface area contributed by atoms with E-state index in [4.69, 9.17) is 18.6 Å². The lowest BCUT2D eigenvalue weighted by atomic mass is 9.69. The van der Waals surface area contributed by atoms with Crippen molar-refractivity contribution in [1.29, 1.82) is 0 Å². The fourth-order valence-corrected chi connectivity index (χ4v) is 12.8. The van der Waals surface area contributed by atoms with Crippen LogP contribution >= 0.6 is 0 Å². The first kappa shape index (κ1) is 48.9. The molecule has 0 aromatic heterocycles. The summed E-state index contributed by atoms with van der Waals surface area (Å²) in [7, 11) is -9.75. The quantitative estimate of drug-likeness (QED) is 0.109. The molecular formula is C45H62F4O10S2. The Morgan fingerprint density at radius 3 is 1.49 bits per heavy atom. The number of carboxylic acids is 2. The molecule has 0 spiro atoms. The minimum absolute atomic E-state index is 0.0227. The molecule has 3 fully saturated rings. The number of carbonyl (C=O) groups is 2. The number of benzene rings is 2. The number of carboxylic acid groups (broad SMARTS) is 2.